The maximum absolute atomic E-state index is 12.7. The number of nitrogens with zero attached hydrogens (tertiary/aromatic N) is 4. The van der Waals surface area contributed by atoms with Gasteiger partial charge in [0.1, 0.15) is 11.5 Å². The molecule has 7 nitrogen and oxygen atoms in total. The average molecular weight is 341 g/mol. The van der Waals surface area contributed by atoms with Gasteiger partial charge in [0.15, 0.2) is 0 Å². The Morgan fingerprint density at radius 3 is 2.72 bits per heavy atom. The SMILES string of the molecule is Cc1cccc(NC(=O)C2CCCN(C(=O)c3cc(C)nn3C)C2)n1. The number of piperidine rings is 1. The Kier molecular flexibility index (Phi) is 4.83. The smallest absolute Gasteiger partial charge is 0.272 e. The number of anilines is 1. The van der Waals surface area contributed by atoms with Gasteiger partial charge in [-0.1, -0.05) is 6.07 Å². The minimum absolute atomic E-state index is 0.0747. The van der Waals surface area contributed by atoms with Crippen molar-refractivity contribution in [2.45, 2.75) is 26.7 Å². The number of amides is 2. The zero-order valence-electron chi connectivity index (χ0n) is 14.8. The predicted molar refractivity (Wildman–Crippen MR) is 94.2 cm³/mol. The van der Waals surface area contributed by atoms with Gasteiger partial charge < -0.3 is 10.2 Å². The molecular weight excluding hydrogens is 318 g/mol. The molecule has 0 radical (unpaired) electrons. The molecule has 0 saturated carbocycles. The molecule has 2 amide bonds. The molecule has 1 fully saturated rings. The summed E-state index contributed by atoms with van der Waals surface area (Å²) in [6.45, 7) is 4.82. The fourth-order valence-electron chi connectivity index (χ4n) is 3.19. The normalized spacial score (nSPS) is 17.4. The molecule has 25 heavy (non-hydrogen) atoms. The number of likely N-dealkylation sites (tertiary alicyclic amines) is 1. The van der Waals surface area contributed by atoms with E-state index in [1.165, 1.54) is 0 Å². The predicted octanol–water partition coefficient (Wildman–Crippen LogP) is 1.92. The van der Waals surface area contributed by atoms with Gasteiger partial charge >= 0.3 is 0 Å². The monoisotopic (exact) mass is 341 g/mol. The second-order valence-corrected chi connectivity index (χ2v) is 6.54. The van der Waals surface area contributed by atoms with Crippen LogP contribution in [-0.2, 0) is 11.8 Å². The molecule has 132 valence electrons. The quantitative estimate of drug-likeness (QED) is 0.925. The topological polar surface area (TPSA) is 80.1 Å². The number of rotatable bonds is 3. The van der Waals surface area contributed by atoms with Crippen molar-refractivity contribution < 1.29 is 9.59 Å². The first kappa shape index (κ1) is 17.1. The molecule has 1 atom stereocenters. The van der Waals surface area contributed by atoms with E-state index < -0.39 is 0 Å². The van der Waals surface area contributed by atoms with Crippen LogP contribution in [0.3, 0.4) is 0 Å². The van der Waals surface area contributed by atoms with E-state index in [4.69, 9.17) is 0 Å². The first-order chi connectivity index (χ1) is 11.9. The third-order valence-corrected chi connectivity index (χ3v) is 4.44. The third kappa shape index (κ3) is 3.87. The maximum Gasteiger partial charge on any atom is 0.272 e. The average Bonchev–Trinajstić information content (AvgIpc) is 2.92. The Labute approximate surface area is 147 Å². The number of aromatic nitrogens is 3. The third-order valence-electron chi connectivity index (χ3n) is 4.44. The van der Waals surface area contributed by atoms with E-state index in [1.807, 2.05) is 26.0 Å². The van der Waals surface area contributed by atoms with E-state index in [0.717, 1.165) is 24.2 Å². The number of hydrogen-bond acceptors (Lipinski definition) is 4. The summed E-state index contributed by atoms with van der Waals surface area (Å²) in [6.07, 6.45) is 1.58. The van der Waals surface area contributed by atoms with Crippen LogP contribution in [0.15, 0.2) is 24.3 Å². The molecule has 0 aliphatic carbocycles. The highest BCUT2D eigenvalue weighted by molar-refractivity contribution is 5.95. The van der Waals surface area contributed by atoms with E-state index >= 15 is 0 Å². The molecule has 3 rings (SSSR count). The van der Waals surface area contributed by atoms with Crippen molar-refractivity contribution >= 4 is 17.6 Å². The summed E-state index contributed by atoms with van der Waals surface area (Å²) in [5.74, 6) is 0.163. The van der Waals surface area contributed by atoms with Crippen LogP contribution in [0.2, 0.25) is 0 Å². The van der Waals surface area contributed by atoms with Crippen molar-refractivity contribution in [1.29, 1.82) is 0 Å². The fraction of sp³-hybridized carbons (Fsp3) is 0.444. The molecule has 1 N–H and O–H groups in total. The lowest BCUT2D eigenvalue weighted by atomic mass is 9.97. The van der Waals surface area contributed by atoms with Gasteiger partial charge in [-0.05, 0) is 44.9 Å². The summed E-state index contributed by atoms with van der Waals surface area (Å²) >= 11 is 0. The molecule has 0 spiro atoms. The van der Waals surface area contributed by atoms with Crippen molar-refractivity contribution in [3.63, 3.8) is 0 Å². The van der Waals surface area contributed by atoms with Gasteiger partial charge in [0, 0.05) is 25.8 Å². The van der Waals surface area contributed by atoms with Crippen LogP contribution in [0, 0.1) is 19.8 Å². The Morgan fingerprint density at radius 1 is 1.24 bits per heavy atom. The van der Waals surface area contributed by atoms with E-state index in [0.29, 0.717) is 24.6 Å². The van der Waals surface area contributed by atoms with Crippen LogP contribution >= 0.6 is 0 Å². The van der Waals surface area contributed by atoms with Crippen LogP contribution in [0.5, 0.6) is 0 Å². The Bertz CT molecular complexity index is 799. The second kappa shape index (κ2) is 7.04. The van der Waals surface area contributed by atoms with Gasteiger partial charge in [-0.15, -0.1) is 0 Å². The first-order valence-electron chi connectivity index (χ1n) is 8.48. The lowest BCUT2D eigenvalue weighted by Gasteiger charge is -2.31. The maximum atomic E-state index is 12.7. The number of carbonyl (C=O) groups is 2. The number of aryl methyl sites for hydroxylation is 3. The van der Waals surface area contributed by atoms with Crippen LogP contribution in [0.1, 0.15) is 34.7 Å². The Morgan fingerprint density at radius 2 is 2.04 bits per heavy atom. The summed E-state index contributed by atoms with van der Waals surface area (Å²) < 4.78 is 1.60. The molecule has 7 heteroatoms. The standard InChI is InChI=1S/C18H23N5O2/c1-12-6-4-8-16(19-12)20-17(24)14-7-5-9-23(11-14)18(25)15-10-13(2)21-22(15)3/h4,6,8,10,14H,5,7,9,11H2,1-3H3,(H,19,20,24). The van der Waals surface area contributed by atoms with Gasteiger partial charge in [-0.2, -0.15) is 5.10 Å². The number of hydrogen-bond donors (Lipinski definition) is 1. The van der Waals surface area contributed by atoms with Crippen LogP contribution in [0.4, 0.5) is 5.82 Å². The number of carbonyl (C=O) groups excluding carboxylic acids is 2. The summed E-state index contributed by atoms with van der Waals surface area (Å²) in [7, 11) is 1.76. The van der Waals surface area contributed by atoms with Gasteiger partial charge in [-0.25, -0.2) is 4.98 Å². The summed E-state index contributed by atoms with van der Waals surface area (Å²) in [4.78, 5) is 31.3. The molecular formula is C18H23N5O2. The minimum atomic E-state index is -0.227. The molecule has 0 aromatic carbocycles. The molecule has 0 bridgehead atoms. The van der Waals surface area contributed by atoms with Crippen LogP contribution in [0.25, 0.3) is 0 Å². The lowest BCUT2D eigenvalue weighted by molar-refractivity contribution is -0.121. The van der Waals surface area contributed by atoms with E-state index in [1.54, 1.807) is 28.8 Å². The van der Waals surface area contributed by atoms with Gasteiger partial charge in [-0.3, -0.25) is 14.3 Å². The minimum Gasteiger partial charge on any atom is -0.337 e. The molecule has 3 heterocycles. The molecule has 1 aliphatic rings. The fourth-order valence-corrected chi connectivity index (χ4v) is 3.19. The van der Waals surface area contributed by atoms with Gasteiger partial charge in [0.05, 0.1) is 11.6 Å². The summed E-state index contributed by atoms with van der Waals surface area (Å²) in [6, 6.07) is 7.30. The largest absolute Gasteiger partial charge is 0.337 e. The molecule has 2 aromatic heterocycles. The highest BCUT2D eigenvalue weighted by atomic mass is 16.2. The van der Waals surface area contributed by atoms with E-state index in [9.17, 15) is 9.59 Å². The highest BCUT2D eigenvalue weighted by Crippen LogP contribution is 2.20. The van der Waals surface area contributed by atoms with Crippen molar-refractivity contribution in [3.8, 4) is 0 Å². The van der Waals surface area contributed by atoms with Crippen molar-refractivity contribution in [2.75, 3.05) is 18.4 Å². The van der Waals surface area contributed by atoms with Crippen molar-refractivity contribution in [2.24, 2.45) is 13.0 Å². The number of pyridine rings is 1. The molecule has 1 aliphatic heterocycles. The van der Waals surface area contributed by atoms with Crippen molar-refractivity contribution in [1.82, 2.24) is 19.7 Å². The van der Waals surface area contributed by atoms with E-state index in [-0.39, 0.29) is 17.7 Å². The zero-order chi connectivity index (χ0) is 18.0. The summed E-state index contributed by atoms with van der Waals surface area (Å²) in [5.41, 5.74) is 2.21. The zero-order valence-corrected chi connectivity index (χ0v) is 14.8. The number of nitrogens with one attached hydrogen (secondary N) is 1. The van der Waals surface area contributed by atoms with Gasteiger partial charge in [0.2, 0.25) is 5.91 Å². The summed E-state index contributed by atoms with van der Waals surface area (Å²) in [5, 5.41) is 7.09. The lowest BCUT2D eigenvalue weighted by Crippen LogP contribution is -2.44. The Hall–Kier alpha value is -2.70. The second-order valence-electron chi connectivity index (χ2n) is 6.54. The van der Waals surface area contributed by atoms with Crippen LogP contribution in [-0.4, -0.2) is 44.6 Å². The Balaban J connectivity index is 1.67. The molecule has 1 unspecified atom stereocenters. The van der Waals surface area contributed by atoms with E-state index in [2.05, 4.69) is 15.4 Å². The highest BCUT2D eigenvalue weighted by Gasteiger charge is 2.30. The van der Waals surface area contributed by atoms with Crippen LogP contribution < -0.4 is 5.32 Å². The van der Waals surface area contributed by atoms with Crippen molar-refractivity contribution in [3.05, 3.63) is 41.3 Å². The molecule has 1 saturated heterocycles. The first-order valence-corrected chi connectivity index (χ1v) is 8.48. The molecule has 2 aromatic rings. The van der Waals surface area contributed by atoms with Gasteiger partial charge in [0.25, 0.3) is 5.91 Å².